The average Bonchev–Trinajstić information content (AvgIpc) is 3.49. The van der Waals surface area contributed by atoms with Gasteiger partial charge in [0.05, 0.1) is 40.9 Å². The highest BCUT2D eigenvalue weighted by Gasteiger charge is 2.20. The van der Waals surface area contributed by atoms with Crippen molar-refractivity contribution < 1.29 is 8.42 Å². The summed E-state index contributed by atoms with van der Waals surface area (Å²) in [5.74, 6) is 0.954. The van der Waals surface area contributed by atoms with Crippen LogP contribution in [0.25, 0.3) is 11.0 Å². The number of piperidine rings is 1. The van der Waals surface area contributed by atoms with Crippen molar-refractivity contribution in [2.75, 3.05) is 48.4 Å². The molecule has 1 fully saturated rings. The number of nitrogens with zero attached hydrogens (tertiary/aromatic N) is 6. The minimum Gasteiger partial charge on any atom is -0.346 e. The summed E-state index contributed by atoms with van der Waals surface area (Å²) in [6, 6.07) is 9.46. The molecule has 4 aromatic rings. The summed E-state index contributed by atoms with van der Waals surface area (Å²) in [5, 5.41) is 11.9. The third kappa shape index (κ3) is 4.93. The van der Waals surface area contributed by atoms with Gasteiger partial charge in [-0.1, -0.05) is 12.1 Å². The van der Waals surface area contributed by atoms with E-state index in [9.17, 15) is 8.42 Å². The number of hydrogen-bond donors (Lipinski definition) is 3. The number of anilines is 5. The van der Waals surface area contributed by atoms with Crippen LogP contribution >= 0.6 is 0 Å². The predicted octanol–water partition coefficient (Wildman–Crippen LogP) is 3.30. The molecule has 1 saturated heterocycles. The molecular formula is C23H29N9O2S. The van der Waals surface area contributed by atoms with Gasteiger partial charge >= 0.3 is 0 Å². The Morgan fingerprint density at radius 3 is 2.66 bits per heavy atom. The molecule has 0 radical (unpaired) electrons. The van der Waals surface area contributed by atoms with Gasteiger partial charge in [0.1, 0.15) is 11.5 Å². The van der Waals surface area contributed by atoms with Gasteiger partial charge in [0.2, 0.25) is 16.0 Å². The van der Waals surface area contributed by atoms with E-state index < -0.39 is 10.0 Å². The van der Waals surface area contributed by atoms with Crippen molar-refractivity contribution in [3.8, 4) is 0 Å². The number of hydrogen-bond acceptors (Lipinski definition) is 8. The summed E-state index contributed by atoms with van der Waals surface area (Å²) in [4.78, 5) is 14.8. The molecule has 0 unspecified atom stereocenters. The van der Waals surface area contributed by atoms with Gasteiger partial charge in [-0.15, -0.1) is 0 Å². The number of para-hydroxylation sites is 2. The second-order valence-electron chi connectivity index (χ2n) is 8.88. The molecule has 1 aliphatic rings. The Kier molecular flexibility index (Phi) is 6.07. The number of sulfonamides is 1. The molecule has 35 heavy (non-hydrogen) atoms. The van der Waals surface area contributed by atoms with Gasteiger partial charge in [0, 0.05) is 19.4 Å². The number of H-pyrrole nitrogens is 1. The standard InChI is InChI=1S/C23H29N9O2S/c1-30-12-9-17(10-13-30)32-15-16(14-25-32)26-23-28-21-18(8-11-24-21)22(29-23)27-19-6-4-5-7-20(19)31(2)35(3,33)34/h4-8,11,14-15,17H,9-10,12-13H2,1-3H3,(H3,24,26,27,28,29). The van der Waals surface area contributed by atoms with Crippen LogP contribution in [0.1, 0.15) is 18.9 Å². The Morgan fingerprint density at radius 1 is 1.11 bits per heavy atom. The maximum absolute atomic E-state index is 12.1. The fraction of sp³-hybridized carbons (Fsp3) is 0.348. The van der Waals surface area contributed by atoms with Crippen molar-refractivity contribution in [1.29, 1.82) is 0 Å². The Balaban J connectivity index is 1.42. The highest BCUT2D eigenvalue weighted by molar-refractivity contribution is 7.92. The van der Waals surface area contributed by atoms with Gasteiger partial charge in [0.25, 0.3) is 0 Å². The van der Waals surface area contributed by atoms with Crippen LogP contribution in [-0.4, -0.2) is 71.5 Å². The highest BCUT2D eigenvalue weighted by Crippen LogP contribution is 2.32. The first-order valence-corrected chi connectivity index (χ1v) is 13.3. The van der Waals surface area contributed by atoms with E-state index in [1.165, 1.54) is 17.6 Å². The van der Waals surface area contributed by atoms with E-state index in [0.717, 1.165) is 37.0 Å². The van der Waals surface area contributed by atoms with Crippen molar-refractivity contribution in [2.45, 2.75) is 18.9 Å². The van der Waals surface area contributed by atoms with Crippen LogP contribution in [0, 0.1) is 0 Å². The molecular weight excluding hydrogens is 466 g/mol. The number of rotatable bonds is 7. The lowest BCUT2D eigenvalue weighted by Gasteiger charge is -2.28. The normalized spacial score (nSPS) is 15.4. The second-order valence-corrected chi connectivity index (χ2v) is 10.9. The van der Waals surface area contributed by atoms with E-state index in [0.29, 0.717) is 34.8 Å². The molecule has 0 amide bonds. The molecule has 1 aliphatic heterocycles. The minimum absolute atomic E-state index is 0.383. The first-order valence-electron chi connectivity index (χ1n) is 11.4. The van der Waals surface area contributed by atoms with Crippen molar-refractivity contribution in [3.63, 3.8) is 0 Å². The summed E-state index contributed by atoms with van der Waals surface area (Å²) in [5.41, 5.74) is 2.59. The zero-order valence-corrected chi connectivity index (χ0v) is 20.7. The summed E-state index contributed by atoms with van der Waals surface area (Å²) in [6.45, 7) is 2.12. The van der Waals surface area contributed by atoms with Crippen LogP contribution in [0.2, 0.25) is 0 Å². The maximum atomic E-state index is 12.1. The van der Waals surface area contributed by atoms with E-state index in [1.807, 2.05) is 29.1 Å². The highest BCUT2D eigenvalue weighted by atomic mass is 32.2. The predicted molar refractivity (Wildman–Crippen MR) is 138 cm³/mol. The van der Waals surface area contributed by atoms with Crippen molar-refractivity contribution in [1.82, 2.24) is 29.6 Å². The summed E-state index contributed by atoms with van der Waals surface area (Å²) < 4.78 is 27.5. The van der Waals surface area contributed by atoms with Crippen LogP contribution in [0.3, 0.4) is 0 Å². The molecule has 0 aliphatic carbocycles. The Labute approximate surface area is 204 Å². The molecule has 3 N–H and O–H groups in total. The van der Waals surface area contributed by atoms with Crippen molar-refractivity contribution in [2.24, 2.45) is 0 Å². The summed E-state index contributed by atoms with van der Waals surface area (Å²) in [7, 11) is 0.236. The number of fused-ring (bicyclic) bond motifs is 1. The fourth-order valence-corrected chi connectivity index (χ4v) is 4.76. The summed E-state index contributed by atoms with van der Waals surface area (Å²) >= 11 is 0. The second kappa shape index (κ2) is 9.19. The molecule has 184 valence electrons. The first kappa shape index (κ1) is 23.1. The molecule has 0 atom stereocenters. The average molecular weight is 496 g/mol. The molecule has 11 nitrogen and oxygen atoms in total. The molecule has 1 aromatic carbocycles. The van der Waals surface area contributed by atoms with Gasteiger partial charge in [-0.2, -0.15) is 15.1 Å². The van der Waals surface area contributed by atoms with E-state index >= 15 is 0 Å². The van der Waals surface area contributed by atoms with Crippen LogP contribution in [0.15, 0.2) is 48.9 Å². The third-order valence-electron chi connectivity index (χ3n) is 6.33. The number of likely N-dealkylation sites (tertiary alicyclic amines) is 1. The largest absolute Gasteiger partial charge is 0.346 e. The van der Waals surface area contributed by atoms with Crippen LogP contribution in [0.4, 0.5) is 28.8 Å². The number of aromatic amines is 1. The van der Waals surface area contributed by atoms with Crippen LogP contribution in [-0.2, 0) is 10.0 Å². The first-order chi connectivity index (χ1) is 16.8. The van der Waals surface area contributed by atoms with Crippen LogP contribution < -0.4 is 14.9 Å². The molecule has 12 heteroatoms. The van der Waals surface area contributed by atoms with Gasteiger partial charge < -0.3 is 20.5 Å². The van der Waals surface area contributed by atoms with Gasteiger partial charge in [-0.25, -0.2) is 8.42 Å². The molecule has 3 aromatic heterocycles. The SMILES string of the molecule is CN1CCC(n2cc(Nc3nc(Nc4ccccc4N(C)S(C)(=O)=O)c4cc[nH]c4n3)cn2)CC1. The Bertz CT molecular complexity index is 1440. The van der Waals surface area contributed by atoms with Crippen LogP contribution in [0.5, 0.6) is 0 Å². The van der Waals surface area contributed by atoms with E-state index in [4.69, 9.17) is 4.98 Å². The van der Waals surface area contributed by atoms with Gasteiger partial charge in [-0.3, -0.25) is 8.99 Å². The lowest BCUT2D eigenvalue weighted by molar-refractivity contribution is 0.212. The van der Waals surface area contributed by atoms with Gasteiger partial charge in [0.15, 0.2) is 0 Å². The number of aromatic nitrogens is 5. The summed E-state index contributed by atoms with van der Waals surface area (Å²) in [6.07, 6.45) is 8.87. The Morgan fingerprint density at radius 2 is 1.89 bits per heavy atom. The van der Waals surface area contributed by atoms with Gasteiger partial charge in [-0.05, 0) is 51.2 Å². The number of benzene rings is 1. The fourth-order valence-electron chi connectivity index (χ4n) is 4.24. The molecule has 4 heterocycles. The lowest BCUT2D eigenvalue weighted by Crippen LogP contribution is -2.31. The minimum atomic E-state index is -3.43. The third-order valence-corrected chi connectivity index (χ3v) is 7.52. The number of nitrogens with one attached hydrogen (secondary N) is 3. The zero-order valence-electron chi connectivity index (χ0n) is 19.9. The molecule has 0 spiro atoms. The topological polar surface area (TPSA) is 124 Å². The lowest BCUT2D eigenvalue weighted by atomic mass is 10.1. The quantitative estimate of drug-likeness (QED) is 0.357. The van der Waals surface area contributed by atoms with E-state index in [2.05, 4.69) is 37.6 Å². The molecule has 5 rings (SSSR count). The van der Waals surface area contributed by atoms with E-state index in [1.54, 1.807) is 24.5 Å². The maximum Gasteiger partial charge on any atom is 0.232 e. The van der Waals surface area contributed by atoms with Crippen molar-refractivity contribution >= 4 is 49.9 Å². The zero-order chi connectivity index (χ0) is 24.6. The van der Waals surface area contributed by atoms with Crippen molar-refractivity contribution in [3.05, 3.63) is 48.9 Å². The Hall–Kier alpha value is -3.64. The smallest absolute Gasteiger partial charge is 0.232 e. The van der Waals surface area contributed by atoms with E-state index in [-0.39, 0.29) is 0 Å². The molecule has 0 saturated carbocycles. The monoisotopic (exact) mass is 495 g/mol. The molecule has 0 bridgehead atoms.